The Kier molecular flexibility index (Phi) is 6.04. The Labute approximate surface area is 166 Å². The summed E-state index contributed by atoms with van der Waals surface area (Å²) in [6.45, 7) is -0.626. The van der Waals surface area contributed by atoms with Crippen molar-refractivity contribution in [1.82, 2.24) is 0 Å². The highest BCUT2D eigenvalue weighted by atomic mass is 35.5. The Morgan fingerprint density at radius 1 is 1.18 bits per heavy atom. The van der Waals surface area contributed by atoms with E-state index in [0.717, 1.165) is 5.56 Å². The molecule has 0 aromatic heterocycles. The van der Waals surface area contributed by atoms with Crippen molar-refractivity contribution in [3.05, 3.63) is 64.2 Å². The van der Waals surface area contributed by atoms with Crippen LogP contribution in [-0.2, 0) is 26.5 Å². The third-order valence-electron chi connectivity index (χ3n) is 4.86. The molecule has 2 aromatic carbocycles. The van der Waals surface area contributed by atoms with Gasteiger partial charge in [-0.25, -0.2) is 0 Å². The van der Waals surface area contributed by atoms with Gasteiger partial charge in [-0.2, -0.15) is 0 Å². The standard InChI is InChI=1S/C20H21ClO7/c1-27-20(19(26)18(25)17(24)16(10-22)28-20)13-4-7-15(21)12(9-13)8-11-2-5-14(23)6-3-11/h2-7,9,16-17,19,22-24,26H,8,10H2,1H3/t16-,17-,19-,20?/m1/s1. The van der Waals surface area contributed by atoms with Crippen LogP contribution < -0.4 is 0 Å². The van der Waals surface area contributed by atoms with Crippen LogP contribution in [0.4, 0.5) is 0 Å². The van der Waals surface area contributed by atoms with Crippen molar-refractivity contribution in [2.75, 3.05) is 13.7 Å². The molecule has 0 amide bonds. The number of halogens is 1. The lowest BCUT2D eigenvalue weighted by Crippen LogP contribution is -2.62. The normalized spacial score (nSPS) is 27.8. The molecule has 1 unspecified atom stereocenters. The number of benzene rings is 2. The molecule has 1 aliphatic rings. The summed E-state index contributed by atoms with van der Waals surface area (Å²) in [6, 6.07) is 11.4. The summed E-state index contributed by atoms with van der Waals surface area (Å²) >= 11 is 6.31. The van der Waals surface area contributed by atoms with Gasteiger partial charge in [-0.15, -0.1) is 0 Å². The lowest BCUT2D eigenvalue weighted by Gasteiger charge is -2.44. The smallest absolute Gasteiger partial charge is 0.229 e. The van der Waals surface area contributed by atoms with Gasteiger partial charge in [-0.3, -0.25) is 4.79 Å². The van der Waals surface area contributed by atoms with E-state index < -0.39 is 36.5 Å². The van der Waals surface area contributed by atoms with E-state index in [2.05, 4.69) is 0 Å². The van der Waals surface area contributed by atoms with Gasteiger partial charge < -0.3 is 29.9 Å². The van der Waals surface area contributed by atoms with E-state index in [1.165, 1.54) is 7.11 Å². The van der Waals surface area contributed by atoms with Gasteiger partial charge >= 0.3 is 0 Å². The first-order valence-corrected chi connectivity index (χ1v) is 9.00. The number of hydrogen-bond donors (Lipinski definition) is 4. The second-order valence-electron chi connectivity index (χ2n) is 6.61. The number of Topliss-reactive ketones (excluding diaryl/α,β-unsaturated/α-hetero) is 1. The number of aliphatic hydroxyl groups is 3. The van der Waals surface area contributed by atoms with E-state index in [1.54, 1.807) is 42.5 Å². The summed E-state index contributed by atoms with van der Waals surface area (Å²) in [5.41, 5.74) is 1.88. The molecule has 2 aromatic rings. The van der Waals surface area contributed by atoms with Crippen molar-refractivity contribution in [3.63, 3.8) is 0 Å². The van der Waals surface area contributed by atoms with Gasteiger partial charge in [0.1, 0.15) is 18.0 Å². The lowest BCUT2D eigenvalue weighted by atomic mass is 9.88. The highest BCUT2D eigenvalue weighted by molar-refractivity contribution is 6.31. The fourth-order valence-corrected chi connectivity index (χ4v) is 3.47. The van der Waals surface area contributed by atoms with Gasteiger partial charge in [0.25, 0.3) is 0 Å². The minimum Gasteiger partial charge on any atom is -0.508 e. The van der Waals surface area contributed by atoms with Gasteiger partial charge in [0.05, 0.1) is 6.61 Å². The number of rotatable bonds is 5. The number of carbonyl (C=O) groups excluding carboxylic acids is 1. The SMILES string of the molecule is COC1(c2ccc(Cl)c(Cc3ccc(O)cc3)c2)O[C@H](CO)[C@@H](O)C(=O)[C@H]1O. The minimum atomic E-state index is -1.89. The fourth-order valence-electron chi connectivity index (χ4n) is 3.29. The van der Waals surface area contributed by atoms with Crippen LogP contribution >= 0.6 is 11.6 Å². The Morgan fingerprint density at radius 2 is 1.86 bits per heavy atom. The molecular weight excluding hydrogens is 388 g/mol. The van der Waals surface area contributed by atoms with Crippen molar-refractivity contribution < 1.29 is 34.7 Å². The first-order chi connectivity index (χ1) is 13.3. The molecular formula is C20H21ClO7. The third-order valence-corrected chi connectivity index (χ3v) is 5.23. The van der Waals surface area contributed by atoms with Crippen LogP contribution in [0.1, 0.15) is 16.7 Å². The molecule has 150 valence electrons. The molecule has 8 heteroatoms. The Hall–Kier alpha value is -2.00. The molecule has 4 N–H and O–H groups in total. The van der Waals surface area contributed by atoms with Crippen LogP contribution in [0.2, 0.25) is 5.02 Å². The van der Waals surface area contributed by atoms with Crippen molar-refractivity contribution in [1.29, 1.82) is 0 Å². The summed E-state index contributed by atoms with van der Waals surface area (Å²) in [5.74, 6) is -2.65. The molecule has 1 heterocycles. The average Bonchev–Trinajstić information content (AvgIpc) is 2.70. The average molecular weight is 409 g/mol. The second kappa shape index (κ2) is 8.16. The summed E-state index contributed by atoms with van der Waals surface area (Å²) in [5, 5.41) is 39.7. The molecule has 7 nitrogen and oxygen atoms in total. The van der Waals surface area contributed by atoms with Gasteiger partial charge in [0.15, 0.2) is 11.9 Å². The fraction of sp³-hybridized carbons (Fsp3) is 0.350. The predicted molar refractivity (Wildman–Crippen MR) is 100 cm³/mol. The zero-order valence-corrected chi connectivity index (χ0v) is 15.8. The first-order valence-electron chi connectivity index (χ1n) is 8.63. The van der Waals surface area contributed by atoms with Crippen molar-refractivity contribution >= 4 is 17.4 Å². The van der Waals surface area contributed by atoms with Gasteiger partial charge in [0.2, 0.25) is 5.79 Å². The van der Waals surface area contributed by atoms with Gasteiger partial charge in [0, 0.05) is 17.7 Å². The topological polar surface area (TPSA) is 116 Å². The van der Waals surface area contributed by atoms with Gasteiger partial charge in [-0.05, 0) is 41.8 Å². The summed E-state index contributed by atoms with van der Waals surface area (Å²) in [6.07, 6.45) is -4.28. The number of ketones is 1. The second-order valence-corrected chi connectivity index (χ2v) is 7.02. The number of ether oxygens (including phenoxy) is 2. The summed E-state index contributed by atoms with van der Waals surface area (Å²) < 4.78 is 11.0. The maximum absolute atomic E-state index is 12.3. The summed E-state index contributed by atoms with van der Waals surface area (Å²) in [4.78, 5) is 12.3. The van der Waals surface area contributed by atoms with E-state index in [9.17, 15) is 25.2 Å². The molecule has 4 atom stereocenters. The Morgan fingerprint density at radius 3 is 2.46 bits per heavy atom. The minimum absolute atomic E-state index is 0.146. The Balaban J connectivity index is 2.01. The van der Waals surface area contributed by atoms with E-state index in [4.69, 9.17) is 21.1 Å². The van der Waals surface area contributed by atoms with Crippen LogP contribution in [-0.4, -0.2) is 58.2 Å². The predicted octanol–water partition coefficient (Wildman–Crippen LogP) is 1.12. The number of phenolic OH excluding ortho intramolecular Hbond substituents is 1. The molecule has 1 saturated heterocycles. The number of hydrogen-bond acceptors (Lipinski definition) is 7. The number of phenols is 1. The molecule has 0 aliphatic carbocycles. The van der Waals surface area contributed by atoms with Crippen LogP contribution in [0.15, 0.2) is 42.5 Å². The lowest BCUT2D eigenvalue weighted by molar-refractivity contribution is -0.323. The number of aliphatic hydroxyl groups excluding tert-OH is 3. The monoisotopic (exact) mass is 408 g/mol. The molecule has 1 aliphatic heterocycles. The van der Waals surface area contributed by atoms with Crippen molar-refractivity contribution in [2.45, 2.75) is 30.5 Å². The molecule has 0 saturated carbocycles. The molecule has 1 fully saturated rings. The molecule has 0 bridgehead atoms. The largest absolute Gasteiger partial charge is 0.508 e. The Bertz CT molecular complexity index is 854. The van der Waals surface area contributed by atoms with E-state index in [0.29, 0.717) is 22.6 Å². The molecule has 0 spiro atoms. The molecule has 3 rings (SSSR count). The first kappa shape index (κ1) is 20.7. The van der Waals surface area contributed by atoms with E-state index in [-0.39, 0.29) is 5.75 Å². The van der Waals surface area contributed by atoms with Crippen LogP contribution in [0.3, 0.4) is 0 Å². The maximum atomic E-state index is 12.3. The summed E-state index contributed by atoms with van der Waals surface area (Å²) in [7, 11) is 1.26. The molecule has 0 radical (unpaired) electrons. The highest BCUT2D eigenvalue weighted by Gasteiger charge is 2.55. The van der Waals surface area contributed by atoms with Crippen LogP contribution in [0, 0.1) is 0 Å². The quantitative estimate of drug-likeness (QED) is 0.585. The highest BCUT2D eigenvalue weighted by Crippen LogP contribution is 2.39. The zero-order chi connectivity index (χ0) is 20.5. The number of aromatic hydroxyl groups is 1. The van der Waals surface area contributed by atoms with Gasteiger partial charge in [-0.1, -0.05) is 29.8 Å². The number of methoxy groups -OCH3 is 1. The third kappa shape index (κ3) is 3.65. The van der Waals surface area contributed by atoms with E-state index >= 15 is 0 Å². The number of carbonyl (C=O) groups is 1. The zero-order valence-electron chi connectivity index (χ0n) is 15.1. The molecule has 28 heavy (non-hydrogen) atoms. The van der Waals surface area contributed by atoms with Crippen molar-refractivity contribution in [2.24, 2.45) is 0 Å². The van der Waals surface area contributed by atoms with Crippen LogP contribution in [0.25, 0.3) is 0 Å². The van der Waals surface area contributed by atoms with Crippen molar-refractivity contribution in [3.8, 4) is 5.75 Å². The maximum Gasteiger partial charge on any atom is 0.229 e. The van der Waals surface area contributed by atoms with Crippen LogP contribution in [0.5, 0.6) is 5.75 Å². The van der Waals surface area contributed by atoms with E-state index in [1.807, 2.05) is 0 Å².